The molecule has 0 aliphatic heterocycles. The summed E-state index contributed by atoms with van der Waals surface area (Å²) in [5.41, 5.74) is 2.41. The van der Waals surface area contributed by atoms with Crippen molar-refractivity contribution in [2.45, 2.75) is 32.2 Å². The normalized spacial score (nSPS) is 11.7. The molecule has 1 N–H and O–H groups in total. The second-order valence-corrected chi connectivity index (χ2v) is 6.17. The first-order valence-corrected chi connectivity index (χ1v) is 7.36. The summed E-state index contributed by atoms with van der Waals surface area (Å²) >= 11 is 0. The van der Waals surface area contributed by atoms with E-state index in [2.05, 4.69) is 9.88 Å². The summed E-state index contributed by atoms with van der Waals surface area (Å²) in [4.78, 5) is 0.125. The molecule has 102 valence electrons. The number of nitrogens with zero attached hydrogens (tertiary/aromatic N) is 1. The minimum atomic E-state index is -3.59. The number of aromatic nitrogens is 1. The highest BCUT2D eigenvalue weighted by molar-refractivity contribution is 7.89. The van der Waals surface area contributed by atoms with E-state index in [1.165, 1.54) is 0 Å². The third-order valence-corrected chi connectivity index (χ3v) is 4.47. The largest absolute Gasteiger partial charge is 0.360 e. The van der Waals surface area contributed by atoms with Crippen LogP contribution in [0.3, 0.4) is 0 Å². The minimum Gasteiger partial charge on any atom is -0.360 e. The van der Waals surface area contributed by atoms with Gasteiger partial charge in [-0.3, -0.25) is 0 Å². The van der Waals surface area contributed by atoms with Crippen LogP contribution in [-0.4, -0.2) is 13.6 Å². The molecule has 0 bridgehead atoms. The van der Waals surface area contributed by atoms with E-state index in [1.807, 2.05) is 31.2 Å². The fourth-order valence-corrected chi connectivity index (χ4v) is 3.16. The lowest BCUT2D eigenvalue weighted by Crippen LogP contribution is -2.24. The lowest BCUT2D eigenvalue weighted by molar-refractivity contribution is 0.390. The van der Waals surface area contributed by atoms with E-state index in [4.69, 9.17) is 4.52 Å². The summed E-state index contributed by atoms with van der Waals surface area (Å²) in [5, 5.41) is 3.65. The van der Waals surface area contributed by atoms with Crippen LogP contribution in [0.5, 0.6) is 0 Å². The Morgan fingerprint density at radius 2 is 1.79 bits per heavy atom. The fraction of sp³-hybridized carbons (Fsp3) is 0.308. The molecule has 1 aromatic carbocycles. The van der Waals surface area contributed by atoms with E-state index in [-0.39, 0.29) is 11.4 Å². The molecule has 2 rings (SSSR count). The Bertz CT molecular complexity index is 653. The molecular formula is C13H16N2O3S. The van der Waals surface area contributed by atoms with Crippen LogP contribution in [0.1, 0.15) is 22.6 Å². The molecule has 1 aromatic heterocycles. The van der Waals surface area contributed by atoms with Crippen LogP contribution >= 0.6 is 0 Å². The van der Waals surface area contributed by atoms with Crippen LogP contribution in [0.2, 0.25) is 0 Å². The molecular weight excluding hydrogens is 264 g/mol. The zero-order chi connectivity index (χ0) is 14.0. The summed E-state index contributed by atoms with van der Waals surface area (Å²) in [6.45, 7) is 5.42. The highest BCUT2D eigenvalue weighted by atomic mass is 32.2. The van der Waals surface area contributed by atoms with Gasteiger partial charge in [0.2, 0.25) is 10.0 Å². The van der Waals surface area contributed by atoms with Crippen molar-refractivity contribution in [3.63, 3.8) is 0 Å². The van der Waals surface area contributed by atoms with E-state index in [9.17, 15) is 8.42 Å². The molecule has 0 aliphatic carbocycles. The second-order valence-electron chi connectivity index (χ2n) is 4.46. The van der Waals surface area contributed by atoms with Crippen LogP contribution in [-0.2, 0) is 16.6 Å². The molecule has 0 atom stereocenters. The van der Waals surface area contributed by atoms with E-state index in [0.717, 1.165) is 11.1 Å². The van der Waals surface area contributed by atoms with Gasteiger partial charge in [-0.1, -0.05) is 35.0 Å². The quantitative estimate of drug-likeness (QED) is 0.930. The van der Waals surface area contributed by atoms with Crippen LogP contribution in [0.15, 0.2) is 33.7 Å². The number of hydrogen-bond donors (Lipinski definition) is 1. The van der Waals surface area contributed by atoms with Crippen LogP contribution in [0.25, 0.3) is 0 Å². The van der Waals surface area contributed by atoms with Gasteiger partial charge in [-0.2, -0.15) is 0 Å². The van der Waals surface area contributed by atoms with Gasteiger partial charge in [-0.05, 0) is 26.3 Å². The monoisotopic (exact) mass is 280 g/mol. The Hall–Kier alpha value is -1.66. The number of sulfonamides is 1. The number of nitrogens with one attached hydrogen (secondary N) is 1. The Morgan fingerprint density at radius 1 is 1.16 bits per heavy atom. The van der Waals surface area contributed by atoms with Gasteiger partial charge in [-0.25, -0.2) is 13.1 Å². The summed E-state index contributed by atoms with van der Waals surface area (Å²) in [6, 6.07) is 7.68. The lowest BCUT2D eigenvalue weighted by Gasteiger charge is -2.06. The Morgan fingerprint density at radius 3 is 2.32 bits per heavy atom. The average molecular weight is 280 g/mol. The Labute approximate surface area is 112 Å². The van der Waals surface area contributed by atoms with Crippen molar-refractivity contribution in [3.05, 3.63) is 46.8 Å². The highest BCUT2D eigenvalue weighted by Gasteiger charge is 2.23. The zero-order valence-electron chi connectivity index (χ0n) is 11.1. The highest BCUT2D eigenvalue weighted by Crippen LogP contribution is 2.18. The Balaban J connectivity index is 2.17. The van der Waals surface area contributed by atoms with Crippen LogP contribution in [0.4, 0.5) is 0 Å². The minimum absolute atomic E-state index is 0.125. The van der Waals surface area contributed by atoms with E-state index >= 15 is 0 Å². The first kappa shape index (κ1) is 13.8. The average Bonchev–Trinajstić information content (AvgIpc) is 2.69. The SMILES string of the molecule is Cc1ccc(CNS(=O)(=O)c2c(C)noc2C)cc1. The summed E-state index contributed by atoms with van der Waals surface area (Å²) < 4.78 is 31.8. The molecule has 0 saturated carbocycles. The third-order valence-electron chi connectivity index (χ3n) is 2.82. The van der Waals surface area contributed by atoms with Crippen molar-refractivity contribution >= 4 is 10.0 Å². The fourth-order valence-electron chi connectivity index (χ4n) is 1.81. The van der Waals surface area contributed by atoms with Crippen molar-refractivity contribution in [1.29, 1.82) is 0 Å². The predicted octanol–water partition coefficient (Wildman–Crippen LogP) is 2.08. The zero-order valence-corrected chi connectivity index (χ0v) is 11.9. The summed E-state index contributed by atoms with van der Waals surface area (Å²) in [7, 11) is -3.59. The maximum Gasteiger partial charge on any atom is 0.246 e. The molecule has 0 saturated heterocycles. The number of hydrogen-bond acceptors (Lipinski definition) is 4. The van der Waals surface area contributed by atoms with E-state index < -0.39 is 10.0 Å². The molecule has 6 heteroatoms. The van der Waals surface area contributed by atoms with Gasteiger partial charge in [0.05, 0.1) is 0 Å². The van der Waals surface area contributed by atoms with Gasteiger partial charge in [0.1, 0.15) is 10.6 Å². The molecule has 0 radical (unpaired) electrons. The molecule has 0 amide bonds. The van der Waals surface area contributed by atoms with Crippen LogP contribution < -0.4 is 4.72 Å². The predicted molar refractivity (Wildman–Crippen MR) is 71.2 cm³/mol. The van der Waals surface area contributed by atoms with Gasteiger partial charge >= 0.3 is 0 Å². The number of benzene rings is 1. The van der Waals surface area contributed by atoms with Crippen molar-refractivity contribution in [3.8, 4) is 0 Å². The van der Waals surface area contributed by atoms with Crippen molar-refractivity contribution < 1.29 is 12.9 Å². The van der Waals surface area contributed by atoms with Gasteiger partial charge in [0, 0.05) is 6.54 Å². The van der Waals surface area contributed by atoms with Gasteiger partial charge < -0.3 is 4.52 Å². The lowest BCUT2D eigenvalue weighted by atomic mass is 10.2. The second kappa shape index (κ2) is 5.14. The molecule has 0 spiro atoms. The topological polar surface area (TPSA) is 72.2 Å². The first-order chi connectivity index (χ1) is 8.90. The molecule has 2 aromatic rings. The summed E-state index contributed by atoms with van der Waals surface area (Å²) in [5.74, 6) is 0.300. The smallest absolute Gasteiger partial charge is 0.246 e. The van der Waals surface area contributed by atoms with E-state index in [1.54, 1.807) is 13.8 Å². The van der Waals surface area contributed by atoms with Crippen molar-refractivity contribution in [2.24, 2.45) is 0 Å². The maximum absolute atomic E-state index is 12.2. The standard InChI is InChI=1S/C13H16N2O3S/c1-9-4-6-12(7-5-9)8-14-19(16,17)13-10(2)15-18-11(13)3/h4-7,14H,8H2,1-3H3. The first-order valence-electron chi connectivity index (χ1n) is 5.88. The molecule has 1 heterocycles. The molecule has 0 fully saturated rings. The molecule has 5 nitrogen and oxygen atoms in total. The van der Waals surface area contributed by atoms with Gasteiger partial charge in [0.25, 0.3) is 0 Å². The van der Waals surface area contributed by atoms with Gasteiger partial charge in [-0.15, -0.1) is 0 Å². The van der Waals surface area contributed by atoms with Crippen molar-refractivity contribution in [2.75, 3.05) is 0 Å². The van der Waals surface area contributed by atoms with Crippen molar-refractivity contribution in [1.82, 2.24) is 9.88 Å². The Kier molecular flexibility index (Phi) is 3.73. The molecule has 0 unspecified atom stereocenters. The molecule has 19 heavy (non-hydrogen) atoms. The number of rotatable bonds is 4. The van der Waals surface area contributed by atoms with Crippen LogP contribution in [0, 0.1) is 20.8 Å². The summed E-state index contributed by atoms with van der Waals surface area (Å²) in [6.07, 6.45) is 0. The molecule has 0 aliphatic rings. The maximum atomic E-state index is 12.2. The van der Waals surface area contributed by atoms with E-state index in [0.29, 0.717) is 11.5 Å². The van der Waals surface area contributed by atoms with Gasteiger partial charge in [0.15, 0.2) is 5.76 Å². The third kappa shape index (κ3) is 3.02. The number of aryl methyl sites for hydroxylation is 3.